The number of benzene rings is 2. The van der Waals surface area contributed by atoms with Gasteiger partial charge in [0.1, 0.15) is 5.76 Å². The van der Waals surface area contributed by atoms with Gasteiger partial charge in [-0.25, -0.2) is 0 Å². The van der Waals surface area contributed by atoms with E-state index in [1.807, 2.05) is 68.4 Å². The van der Waals surface area contributed by atoms with E-state index in [-0.39, 0.29) is 17.9 Å². The maximum Gasteiger partial charge on any atom is 0.252 e. The highest BCUT2D eigenvalue weighted by Crippen LogP contribution is 2.29. The van der Waals surface area contributed by atoms with Crippen molar-refractivity contribution in [2.75, 3.05) is 25.0 Å². The Morgan fingerprint density at radius 2 is 1.76 bits per heavy atom. The average molecular weight is 479 g/mol. The van der Waals surface area contributed by atoms with Crippen LogP contribution in [0.2, 0.25) is 0 Å². The molecule has 2 heterocycles. The van der Waals surface area contributed by atoms with E-state index >= 15 is 0 Å². The molecule has 7 nitrogen and oxygen atoms in total. The van der Waals surface area contributed by atoms with Gasteiger partial charge in [0.05, 0.1) is 17.8 Å². The standard InChI is InChI=1S/C26H30N4O3S/c1-18-23(19(2)33-29-18)17-34-24-11-7-6-10-22(24)26(32)28-21-12-14-30(15-13-21)16-25(31)27-20-8-4-3-5-9-20/h3-11,21H,12-17H2,1-2H3,(H,27,31)(H,28,32). The molecule has 2 amide bonds. The summed E-state index contributed by atoms with van der Waals surface area (Å²) in [5.41, 5.74) is 3.45. The lowest BCUT2D eigenvalue weighted by molar-refractivity contribution is -0.117. The normalized spacial score (nSPS) is 14.6. The lowest BCUT2D eigenvalue weighted by Gasteiger charge is -2.32. The molecular weight excluding hydrogens is 448 g/mol. The first kappa shape index (κ1) is 24.0. The Bertz CT molecular complexity index is 1100. The number of aromatic nitrogens is 1. The molecule has 1 aliphatic rings. The Hall–Kier alpha value is -3.10. The van der Waals surface area contributed by atoms with Crippen LogP contribution >= 0.6 is 11.8 Å². The third kappa shape index (κ3) is 6.27. The molecule has 0 spiro atoms. The number of aryl methyl sites for hydroxylation is 2. The quantitative estimate of drug-likeness (QED) is 0.466. The molecule has 2 aromatic carbocycles. The van der Waals surface area contributed by atoms with Crippen LogP contribution in [0.1, 0.15) is 40.2 Å². The number of nitrogens with zero attached hydrogens (tertiary/aromatic N) is 2. The minimum atomic E-state index is -0.0536. The second-order valence-electron chi connectivity index (χ2n) is 8.53. The number of hydrogen-bond donors (Lipinski definition) is 2. The Morgan fingerprint density at radius 3 is 2.47 bits per heavy atom. The van der Waals surface area contributed by atoms with Gasteiger partial charge in [-0.3, -0.25) is 14.5 Å². The molecule has 34 heavy (non-hydrogen) atoms. The molecule has 178 valence electrons. The first-order chi connectivity index (χ1) is 16.5. The van der Waals surface area contributed by atoms with Gasteiger partial charge in [-0.05, 0) is 51.0 Å². The molecular formula is C26H30N4O3S. The van der Waals surface area contributed by atoms with Crippen molar-refractivity contribution in [2.45, 2.75) is 43.4 Å². The number of piperidine rings is 1. The van der Waals surface area contributed by atoms with Gasteiger partial charge in [0.2, 0.25) is 5.91 Å². The predicted octanol–water partition coefficient (Wildman–Crippen LogP) is 4.42. The van der Waals surface area contributed by atoms with E-state index in [4.69, 9.17) is 4.52 Å². The largest absolute Gasteiger partial charge is 0.361 e. The average Bonchev–Trinajstić information content (AvgIpc) is 3.16. The summed E-state index contributed by atoms with van der Waals surface area (Å²) < 4.78 is 5.25. The van der Waals surface area contributed by atoms with Crippen LogP contribution in [0.15, 0.2) is 64.0 Å². The third-order valence-corrected chi connectivity index (χ3v) is 7.13. The molecule has 1 fully saturated rings. The molecule has 2 N–H and O–H groups in total. The minimum Gasteiger partial charge on any atom is -0.361 e. The van der Waals surface area contributed by atoms with E-state index in [9.17, 15) is 9.59 Å². The van der Waals surface area contributed by atoms with E-state index < -0.39 is 0 Å². The maximum atomic E-state index is 13.1. The van der Waals surface area contributed by atoms with Crippen LogP contribution in [0.3, 0.4) is 0 Å². The first-order valence-corrected chi connectivity index (χ1v) is 12.5. The number of nitrogens with one attached hydrogen (secondary N) is 2. The topological polar surface area (TPSA) is 87.5 Å². The van der Waals surface area contributed by atoms with Crippen LogP contribution in [-0.4, -0.2) is 47.5 Å². The number of rotatable bonds is 8. The van der Waals surface area contributed by atoms with Crippen molar-refractivity contribution in [3.05, 3.63) is 77.2 Å². The monoisotopic (exact) mass is 478 g/mol. The Morgan fingerprint density at radius 1 is 1.06 bits per heavy atom. The van der Waals surface area contributed by atoms with Crippen LogP contribution < -0.4 is 10.6 Å². The van der Waals surface area contributed by atoms with Gasteiger partial charge >= 0.3 is 0 Å². The van der Waals surface area contributed by atoms with E-state index in [1.54, 1.807) is 11.8 Å². The second-order valence-corrected chi connectivity index (χ2v) is 9.54. The van der Waals surface area contributed by atoms with Gasteiger partial charge in [0, 0.05) is 41.0 Å². The Balaban J connectivity index is 1.27. The summed E-state index contributed by atoms with van der Waals surface area (Å²) in [6.45, 7) is 5.75. The number of carbonyl (C=O) groups excluding carboxylic acids is 2. The van der Waals surface area contributed by atoms with Crippen LogP contribution in [0.25, 0.3) is 0 Å². The molecule has 1 aromatic heterocycles. The number of likely N-dealkylation sites (tertiary alicyclic amines) is 1. The highest BCUT2D eigenvalue weighted by molar-refractivity contribution is 7.98. The van der Waals surface area contributed by atoms with Crippen LogP contribution in [0.5, 0.6) is 0 Å². The Labute approximate surface area is 204 Å². The van der Waals surface area contributed by atoms with Gasteiger partial charge in [0.25, 0.3) is 5.91 Å². The minimum absolute atomic E-state index is 0.0158. The number of anilines is 1. The summed E-state index contributed by atoms with van der Waals surface area (Å²) in [6.07, 6.45) is 1.64. The second kappa shape index (κ2) is 11.4. The smallest absolute Gasteiger partial charge is 0.252 e. The van der Waals surface area contributed by atoms with E-state index in [0.29, 0.717) is 17.9 Å². The fraction of sp³-hybridized carbons (Fsp3) is 0.346. The molecule has 4 rings (SSSR count). The zero-order valence-corrected chi connectivity index (χ0v) is 20.4. The van der Waals surface area contributed by atoms with Gasteiger partial charge < -0.3 is 15.2 Å². The molecule has 0 unspecified atom stereocenters. The van der Waals surface area contributed by atoms with Crippen molar-refractivity contribution >= 4 is 29.3 Å². The zero-order chi connectivity index (χ0) is 23.9. The van der Waals surface area contributed by atoms with Crippen molar-refractivity contribution in [1.29, 1.82) is 0 Å². The molecule has 1 aliphatic heterocycles. The van der Waals surface area contributed by atoms with Crippen molar-refractivity contribution in [3.63, 3.8) is 0 Å². The zero-order valence-electron chi connectivity index (χ0n) is 19.5. The van der Waals surface area contributed by atoms with Crippen molar-refractivity contribution in [3.8, 4) is 0 Å². The third-order valence-electron chi connectivity index (χ3n) is 6.03. The highest BCUT2D eigenvalue weighted by atomic mass is 32.2. The fourth-order valence-electron chi connectivity index (χ4n) is 4.06. The summed E-state index contributed by atoms with van der Waals surface area (Å²) in [5.74, 6) is 1.45. The molecule has 0 saturated carbocycles. The summed E-state index contributed by atoms with van der Waals surface area (Å²) in [5, 5.41) is 10.1. The van der Waals surface area contributed by atoms with Gasteiger partial charge in [-0.1, -0.05) is 35.5 Å². The Kier molecular flexibility index (Phi) is 8.03. The number of thioether (sulfide) groups is 1. The summed E-state index contributed by atoms with van der Waals surface area (Å²) in [6, 6.07) is 17.3. The molecule has 8 heteroatoms. The van der Waals surface area contributed by atoms with Crippen molar-refractivity contribution in [2.24, 2.45) is 0 Å². The molecule has 0 radical (unpaired) electrons. The molecule has 3 aromatic rings. The van der Waals surface area contributed by atoms with Crippen molar-refractivity contribution < 1.29 is 14.1 Å². The van der Waals surface area contributed by atoms with Gasteiger partial charge in [-0.2, -0.15) is 0 Å². The molecule has 1 saturated heterocycles. The van der Waals surface area contributed by atoms with Gasteiger partial charge in [-0.15, -0.1) is 11.8 Å². The maximum absolute atomic E-state index is 13.1. The van der Waals surface area contributed by atoms with Gasteiger partial charge in [0.15, 0.2) is 0 Å². The molecule has 0 bridgehead atoms. The summed E-state index contributed by atoms with van der Waals surface area (Å²) in [4.78, 5) is 28.4. The van der Waals surface area contributed by atoms with Crippen LogP contribution in [0.4, 0.5) is 5.69 Å². The van der Waals surface area contributed by atoms with E-state index in [2.05, 4.69) is 20.7 Å². The lowest BCUT2D eigenvalue weighted by Crippen LogP contribution is -2.46. The summed E-state index contributed by atoms with van der Waals surface area (Å²) >= 11 is 1.62. The number of amides is 2. The molecule has 0 aliphatic carbocycles. The highest BCUT2D eigenvalue weighted by Gasteiger charge is 2.23. The van der Waals surface area contributed by atoms with Crippen LogP contribution in [-0.2, 0) is 10.5 Å². The number of para-hydroxylation sites is 1. The van der Waals surface area contributed by atoms with Crippen molar-refractivity contribution in [1.82, 2.24) is 15.4 Å². The van der Waals surface area contributed by atoms with E-state index in [1.165, 1.54) is 0 Å². The van der Waals surface area contributed by atoms with Crippen LogP contribution in [0, 0.1) is 13.8 Å². The molecule has 0 atom stereocenters. The lowest BCUT2D eigenvalue weighted by atomic mass is 10.0. The SMILES string of the molecule is Cc1noc(C)c1CSc1ccccc1C(=O)NC1CCN(CC(=O)Nc2ccccc2)CC1. The summed E-state index contributed by atoms with van der Waals surface area (Å²) in [7, 11) is 0. The fourth-order valence-corrected chi connectivity index (χ4v) is 5.26. The number of carbonyl (C=O) groups is 2. The number of hydrogen-bond acceptors (Lipinski definition) is 6. The predicted molar refractivity (Wildman–Crippen MR) is 134 cm³/mol. The first-order valence-electron chi connectivity index (χ1n) is 11.5. The van der Waals surface area contributed by atoms with E-state index in [0.717, 1.165) is 53.5 Å².